The Bertz CT molecular complexity index is 452. The summed E-state index contributed by atoms with van der Waals surface area (Å²) in [5.74, 6) is 0.139. The minimum atomic E-state index is -0.760. The number of carbonyl (C=O) groups excluding carboxylic acids is 1. The van der Waals surface area contributed by atoms with Gasteiger partial charge in [-0.15, -0.1) is 0 Å². The Morgan fingerprint density at radius 2 is 2.28 bits per heavy atom. The summed E-state index contributed by atoms with van der Waals surface area (Å²) in [6, 6.07) is 0. The lowest BCUT2D eigenvalue weighted by Crippen LogP contribution is -2.51. The molecule has 0 aliphatic carbocycles. The summed E-state index contributed by atoms with van der Waals surface area (Å²) < 4.78 is 5.40. The second-order valence-corrected chi connectivity index (χ2v) is 4.35. The Hall–Kier alpha value is -1.57. The van der Waals surface area contributed by atoms with E-state index in [1.165, 1.54) is 4.90 Å². The van der Waals surface area contributed by atoms with Crippen LogP contribution in [0.15, 0.2) is 21.1 Å². The summed E-state index contributed by atoms with van der Waals surface area (Å²) in [5.41, 5.74) is 12.5. The second-order valence-electron chi connectivity index (χ2n) is 4.35. The molecule has 0 fully saturated rings. The van der Waals surface area contributed by atoms with Crippen LogP contribution in [0.25, 0.3) is 0 Å². The molecule has 0 bridgehead atoms. The van der Waals surface area contributed by atoms with E-state index in [0.717, 1.165) is 0 Å². The van der Waals surface area contributed by atoms with E-state index in [1.54, 1.807) is 6.21 Å². The Labute approximate surface area is 105 Å². The molecule has 1 atom stereocenters. The number of hydrogen-bond acceptors (Lipinski definition) is 6. The van der Waals surface area contributed by atoms with Crippen molar-refractivity contribution in [3.05, 3.63) is 11.1 Å². The van der Waals surface area contributed by atoms with Gasteiger partial charge in [0.2, 0.25) is 0 Å². The zero-order valence-electron chi connectivity index (χ0n) is 10.5. The highest BCUT2D eigenvalue weighted by Crippen LogP contribution is 2.21. The molecule has 1 unspecified atom stereocenters. The molecule has 0 aromatic heterocycles. The fourth-order valence-electron chi connectivity index (χ4n) is 1.72. The van der Waals surface area contributed by atoms with Gasteiger partial charge < -0.3 is 10.5 Å². The number of aliphatic imine (C=N–C) groups is 2. The average Bonchev–Trinajstić information content (AvgIpc) is 2.71. The molecule has 0 saturated carbocycles. The largest absolute Gasteiger partial charge is 0.358 e. The topological polar surface area (TPSA) is 106 Å². The first-order chi connectivity index (χ1) is 8.54. The summed E-state index contributed by atoms with van der Waals surface area (Å²) in [7, 11) is 0. The van der Waals surface area contributed by atoms with Gasteiger partial charge in [-0.3, -0.25) is 15.4 Å². The van der Waals surface area contributed by atoms with Gasteiger partial charge in [0.05, 0.1) is 11.7 Å². The summed E-state index contributed by atoms with van der Waals surface area (Å²) >= 11 is 0. The summed E-state index contributed by atoms with van der Waals surface area (Å²) in [6.07, 6.45) is 0.813. The van der Waals surface area contributed by atoms with E-state index in [2.05, 4.69) is 9.98 Å². The zero-order valence-corrected chi connectivity index (χ0v) is 10.5. The summed E-state index contributed by atoms with van der Waals surface area (Å²) in [6.45, 7) is 4.13. The maximum absolute atomic E-state index is 12.3. The van der Waals surface area contributed by atoms with Gasteiger partial charge in [-0.25, -0.2) is 9.98 Å². The van der Waals surface area contributed by atoms with Gasteiger partial charge in [0.1, 0.15) is 6.73 Å². The van der Waals surface area contributed by atoms with Crippen LogP contribution in [0, 0.1) is 0 Å². The van der Waals surface area contributed by atoms with E-state index in [1.807, 2.05) is 13.8 Å². The fourth-order valence-corrected chi connectivity index (χ4v) is 1.72. The summed E-state index contributed by atoms with van der Waals surface area (Å²) in [4.78, 5) is 21.9. The molecule has 2 rings (SSSR count). The van der Waals surface area contributed by atoms with Crippen molar-refractivity contribution in [2.24, 2.45) is 21.5 Å². The molecule has 0 aromatic carbocycles. The molecule has 7 nitrogen and oxygen atoms in total. The maximum atomic E-state index is 12.3. The van der Waals surface area contributed by atoms with E-state index >= 15 is 0 Å². The van der Waals surface area contributed by atoms with Crippen LogP contribution in [-0.2, 0) is 9.53 Å². The Morgan fingerprint density at radius 3 is 2.89 bits per heavy atom. The van der Waals surface area contributed by atoms with Crippen LogP contribution in [-0.4, -0.2) is 48.5 Å². The predicted octanol–water partition coefficient (Wildman–Crippen LogP) is -0.808. The SMILES string of the molecule is CC(C)OCN1C(=O)C2=C(CN)C=NC2=NC1N. The average molecular weight is 251 g/mol. The molecule has 0 spiro atoms. The van der Waals surface area contributed by atoms with Gasteiger partial charge in [0.25, 0.3) is 5.91 Å². The van der Waals surface area contributed by atoms with Crippen molar-refractivity contribution in [2.75, 3.05) is 13.3 Å². The molecular formula is C11H17N5O2. The van der Waals surface area contributed by atoms with Crippen LogP contribution in [0.1, 0.15) is 13.8 Å². The number of amidine groups is 1. The van der Waals surface area contributed by atoms with E-state index in [9.17, 15) is 4.79 Å². The predicted molar refractivity (Wildman–Crippen MR) is 67.9 cm³/mol. The lowest BCUT2D eigenvalue weighted by molar-refractivity contribution is -0.137. The van der Waals surface area contributed by atoms with Crippen molar-refractivity contribution in [3.63, 3.8) is 0 Å². The van der Waals surface area contributed by atoms with Crippen molar-refractivity contribution in [2.45, 2.75) is 26.2 Å². The molecule has 4 N–H and O–H groups in total. The molecule has 0 saturated heterocycles. The molecule has 18 heavy (non-hydrogen) atoms. The highest BCUT2D eigenvalue weighted by Gasteiger charge is 2.35. The van der Waals surface area contributed by atoms with E-state index in [0.29, 0.717) is 17.0 Å². The molecule has 2 aliphatic heterocycles. The smallest absolute Gasteiger partial charge is 0.262 e. The highest BCUT2D eigenvalue weighted by atomic mass is 16.5. The molecule has 0 radical (unpaired) electrons. The normalized spacial score (nSPS) is 22.9. The third-order valence-electron chi connectivity index (χ3n) is 2.70. The Kier molecular flexibility index (Phi) is 3.55. The third kappa shape index (κ3) is 2.20. The molecule has 1 amide bonds. The van der Waals surface area contributed by atoms with E-state index in [-0.39, 0.29) is 25.3 Å². The lowest BCUT2D eigenvalue weighted by atomic mass is 10.1. The van der Waals surface area contributed by atoms with Crippen LogP contribution in [0.5, 0.6) is 0 Å². The van der Waals surface area contributed by atoms with Gasteiger partial charge in [0, 0.05) is 18.3 Å². The lowest BCUT2D eigenvalue weighted by Gasteiger charge is -2.31. The number of amides is 1. The number of ether oxygens (including phenoxy) is 1. The minimum absolute atomic E-state index is 0.0122. The van der Waals surface area contributed by atoms with Crippen molar-refractivity contribution >= 4 is 18.0 Å². The van der Waals surface area contributed by atoms with Gasteiger partial charge in [-0.1, -0.05) is 0 Å². The number of rotatable bonds is 4. The van der Waals surface area contributed by atoms with Crippen molar-refractivity contribution in [3.8, 4) is 0 Å². The maximum Gasteiger partial charge on any atom is 0.262 e. The molecule has 98 valence electrons. The number of nitrogens with two attached hydrogens (primary N) is 2. The van der Waals surface area contributed by atoms with Gasteiger partial charge in [-0.05, 0) is 13.8 Å². The molecule has 2 aliphatic rings. The molecule has 7 heteroatoms. The van der Waals surface area contributed by atoms with E-state index < -0.39 is 6.29 Å². The first kappa shape index (κ1) is 12.9. The monoisotopic (exact) mass is 251 g/mol. The fraction of sp³-hybridized carbons (Fsp3) is 0.545. The highest BCUT2D eigenvalue weighted by molar-refractivity contribution is 6.30. The number of carbonyl (C=O) groups is 1. The van der Waals surface area contributed by atoms with Crippen LogP contribution in [0.4, 0.5) is 0 Å². The Balaban J connectivity index is 2.24. The first-order valence-corrected chi connectivity index (χ1v) is 5.78. The zero-order chi connectivity index (χ0) is 13.3. The van der Waals surface area contributed by atoms with Crippen LogP contribution < -0.4 is 11.5 Å². The van der Waals surface area contributed by atoms with Crippen molar-refractivity contribution in [1.29, 1.82) is 0 Å². The van der Waals surface area contributed by atoms with Crippen molar-refractivity contribution < 1.29 is 9.53 Å². The number of nitrogens with zero attached hydrogens (tertiary/aromatic N) is 3. The molecule has 0 aromatic rings. The number of hydrogen-bond donors (Lipinski definition) is 2. The quantitative estimate of drug-likeness (QED) is 0.681. The van der Waals surface area contributed by atoms with Gasteiger partial charge >= 0.3 is 0 Å². The Morgan fingerprint density at radius 1 is 1.56 bits per heavy atom. The minimum Gasteiger partial charge on any atom is -0.358 e. The molecular weight excluding hydrogens is 234 g/mol. The van der Waals surface area contributed by atoms with Crippen LogP contribution >= 0.6 is 0 Å². The van der Waals surface area contributed by atoms with Crippen LogP contribution in [0.3, 0.4) is 0 Å². The second kappa shape index (κ2) is 4.97. The summed E-state index contributed by atoms with van der Waals surface area (Å²) in [5, 5.41) is 0. The number of fused-ring (bicyclic) bond motifs is 1. The van der Waals surface area contributed by atoms with E-state index in [4.69, 9.17) is 16.2 Å². The standard InChI is InChI=1S/C11H17N5O2/c1-6(2)18-5-16-10(17)8-7(3-12)4-14-9(8)15-11(16)13/h4,6,11H,3,5,12-13H2,1-2H3. The third-order valence-corrected chi connectivity index (χ3v) is 2.70. The first-order valence-electron chi connectivity index (χ1n) is 5.78. The van der Waals surface area contributed by atoms with Gasteiger partial charge in [-0.2, -0.15) is 0 Å². The molecule has 2 heterocycles. The van der Waals surface area contributed by atoms with Crippen LogP contribution in [0.2, 0.25) is 0 Å². The van der Waals surface area contributed by atoms with Crippen molar-refractivity contribution in [1.82, 2.24) is 4.90 Å². The van der Waals surface area contributed by atoms with Gasteiger partial charge in [0.15, 0.2) is 12.1 Å².